The molecule has 122 valence electrons. The van der Waals surface area contributed by atoms with Crippen LogP contribution in [-0.4, -0.2) is 26.8 Å². The van der Waals surface area contributed by atoms with Gasteiger partial charge >= 0.3 is 5.97 Å². The zero-order valence-electron chi connectivity index (χ0n) is 12.7. The van der Waals surface area contributed by atoms with Gasteiger partial charge in [-0.3, -0.25) is 14.3 Å². The van der Waals surface area contributed by atoms with Gasteiger partial charge in [0.2, 0.25) is 0 Å². The summed E-state index contributed by atoms with van der Waals surface area (Å²) >= 11 is 3.34. The van der Waals surface area contributed by atoms with Crippen LogP contribution in [0.15, 0.2) is 41.1 Å². The van der Waals surface area contributed by atoms with Crippen LogP contribution < -0.4 is 5.32 Å². The molecule has 0 aliphatic carbocycles. The summed E-state index contributed by atoms with van der Waals surface area (Å²) in [6.07, 6.45) is 3.89. The highest BCUT2D eigenvalue weighted by molar-refractivity contribution is 9.10. The number of carbonyl (C=O) groups excluding carboxylic acids is 1. The van der Waals surface area contributed by atoms with Crippen molar-refractivity contribution in [3.05, 3.63) is 52.3 Å². The van der Waals surface area contributed by atoms with E-state index in [0.29, 0.717) is 5.56 Å². The molecule has 1 amide bonds. The van der Waals surface area contributed by atoms with Gasteiger partial charge in [0, 0.05) is 17.2 Å². The van der Waals surface area contributed by atoms with Crippen LogP contribution in [0.25, 0.3) is 0 Å². The molecule has 1 heterocycles. The van der Waals surface area contributed by atoms with Gasteiger partial charge in [0.1, 0.15) is 0 Å². The molecule has 0 saturated carbocycles. The number of carboxylic acids is 1. The lowest BCUT2D eigenvalue weighted by atomic mass is 10.0. The molecule has 0 bridgehead atoms. The van der Waals surface area contributed by atoms with Gasteiger partial charge in [0.15, 0.2) is 0 Å². The number of benzene rings is 1. The Bertz CT molecular complexity index is 682. The molecule has 7 heteroatoms. The van der Waals surface area contributed by atoms with Crippen molar-refractivity contribution < 1.29 is 14.7 Å². The summed E-state index contributed by atoms with van der Waals surface area (Å²) in [7, 11) is 0. The number of carboxylic acid groups (broad SMARTS) is 1. The third-order valence-electron chi connectivity index (χ3n) is 3.30. The van der Waals surface area contributed by atoms with E-state index in [9.17, 15) is 9.59 Å². The number of rotatable bonds is 7. The highest BCUT2D eigenvalue weighted by atomic mass is 79.9. The van der Waals surface area contributed by atoms with Crippen LogP contribution in [0.2, 0.25) is 0 Å². The first-order valence-corrected chi connectivity index (χ1v) is 8.09. The molecule has 1 aromatic heterocycles. The molecule has 1 aromatic carbocycles. The molecule has 0 spiro atoms. The number of aryl methyl sites for hydroxylation is 1. The zero-order chi connectivity index (χ0) is 16.8. The highest BCUT2D eigenvalue weighted by Gasteiger charge is 2.19. The van der Waals surface area contributed by atoms with Crippen LogP contribution in [0.3, 0.4) is 0 Å². The minimum atomic E-state index is -0.972. The van der Waals surface area contributed by atoms with Crippen molar-refractivity contribution in [2.24, 2.45) is 0 Å². The number of aromatic nitrogens is 2. The van der Waals surface area contributed by atoms with E-state index >= 15 is 0 Å². The van der Waals surface area contributed by atoms with Crippen LogP contribution >= 0.6 is 15.9 Å². The summed E-state index contributed by atoms with van der Waals surface area (Å²) in [5, 5.41) is 16.0. The number of aliphatic carboxylic acids is 1. The minimum absolute atomic E-state index is 0.184. The number of carbonyl (C=O) groups is 2. The monoisotopic (exact) mass is 379 g/mol. The molecule has 2 N–H and O–H groups in total. The van der Waals surface area contributed by atoms with Crippen molar-refractivity contribution in [2.45, 2.75) is 32.4 Å². The maximum absolute atomic E-state index is 12.3. The Balaban J connectivity index is 2.14. The van der Waals surface area contributed by atoms with E-state index in [4.69, 9.17) is 5.11 Å². The van der Waals surface area contributed by atoms with Crippen molar-refractivity contribution >= 4 is 27.8 Å². The van der Waals surface area contributed by atoms with Gasteiger partial charge in [0.25, 0.3) is 5.91 Å². The maximum Gasteiger partial charge on any atom is 0.305 e. The fourth-order valence-corrected chi connectivity index (χ4v) is 2.46. The number of amides is 1. The molecule has 2 aromatic rings. The number of hydrogen-bond donors (Lipinski definition) is 2. The van der Waals surface area contributed by atoms with E-state index in [0.717, 1.165) is 23.0 Å². The molecule has 2 rings (SSSR count). The minimum Gasteiger partial charge on any atom is -0.481 e. The molecule has 23 heavy (non-hydrogen) atoms. The van der Waals surface area contributed by atoms with Gasteiger partial charge in [0.05, 0.1) is 24.2 Å². The van der Waals surface area contributed by atoms with Crippen LogP contribution in [-0.2, 0) is 11.3 Å². The first kappa shape index (κ1) is 17.2. The molecular weight excluding hydrogens is 362 g/mol. The molecule has 0 radical (unpaired) electrons. The van der Waals surface area contributed by atoms with E-state index in [1.807, 2.05) is 19.1 Å². The molecule has 0 aliphatic rings. The lowest BCUT2D eigenvalue weighted by Gasteiger charge is -2.17. The fourth-order valence-electron chi connectivity index (χ4n) is 2.20. The SMILES string of the molecule is CCCn1cc(C(=O)NC(CC(=O)O)c2ccc(Br)cc2)cn1. The molecule has 0 aliphatic heterocycles. The van der Waals surface area contributed by atoms with Crippen LogP contribution in [0.5, 0.6) is 0 Å². The second-order valence-corrected chi connectivity index (χ2v) is 6.08. The van der Waals surface area contributed by atoms with Gasteiger partial charge in [-0.2, -0.15) is 5.10 Å². The molecule has 1 unspecified atom stereocenters. The largest absolute Gasteiger partial charge is 0.481 e. The van der Waals surface area contributed by atoms with Crippen molar-refractivity contribution in [1.29, 1.82) is 0 Å². The van der Waals surface area contributed by atoms with E-state index < -0.39 is 12.0 Å². The van der Waals surface area contributed by atoms with Crippen LogP contribution in [0.4, 0.5) is 0 Å². The van der Waals surface area contributed by atoms with E-state index in [2.05, 4.69) is 26.3 Å². The predicted octanol–water partition coefficient (Wildman–Crippen LogP) is 3.00. The van der Waals surface area contributed by atoms with E-state index in [-0.39, 0.29) is 12.3 Å². The smallest absolute Gasteiger partial charge is 0.305 e. The summed E-state index contributed by atoms with van der Waals surface area (Å²) < 4.78 is 2.59. The van der Waals surface area contributed by atoms with E-state index in [1.54, 1.807) is 23.0 Å². The van der Waals surface area contributed by atoms with Gasteiger partial charge in [-0.05, 0) is 24.1 Å². The summed E-state index contributed by atoms with van der Waals surface area (Å²) in [6, 6.07) is 6.62. The summed E-state index contributed by atoms with van der Waals surface area (Å²) in [5.41, 5.74) is 1.16. The first-order valence-electron chi connectivity index (χ1n) is 7.30. The fraction of sp³-hybridized carbons (Fsp3) is 0.312. The van der Waals surface area contributed by atoms with Gasteiger partial charge in [-0.1, -0.05) is 35.0 Å². The number of nitrogens with one attached hydrogen (secondary N) is 1. The standard InChI is InChI=1S/C16H18BrN3O3/c1-2-7-20-10-12(9-18-20)16(23)19-14(8-15(21)22)11-3-5-13(17)6-4-11/h3-6,9-10,14H,2,7-8H2,1H3,(H,19,23)(H,21,22). The average molecular weight is 380 g/mol. The zero-order valence-corrected chi connectivity index (χ0v) is 14.3. The molecule has 0 fully saturated rings. The summed E-state index contributed by atoms with van der Waals surface area (Å²) in [6.45, 7) is 2.76. The van der Waals surface area contributed by atoms with Crippen molar-refractivity contribution in [2.75, 3.05) is 0 Å². The molecule has 1 atom stereocenters. The quantitative estimate of drug-likeness (QED) is 0.774. The Morgan fingerprint density at radius 1 is 1.35 bits per heavy atom. The molecule has 0 saturated heterocycles. The van der Waals surface area contributed by atoms with Gasteiger partial charge in [-0.15, -0.1) is 0 Å². The lowest BCUT2D eigenvalue weighted by molar-refractivity contribution is -0.137. The van der Waals surface area contributed by atoms with Gasteiger partial charge < -0.3 is 10.4 Å². The normalized spacial score (nSPS) is 11.9. The number of nitrogens with zero attached hydrogens (tertiary/aromatic N) is 2. The number of halogens is 1. The van der Waals surface area contributed by atoms with Crippen molar-refractivity contribution in [3.63, 3.8) is 0 Å². The Labute approximate surface area is 142 Å². The summed E-state index contributed by atoms with van der Waals surface area (Å²) in [4.78, 5) is 23.4. The van der Waals surface area contributed by atoms with Crippen molar-refractivity contribution in [1.82, 2.24) is 15.1 Å². The topological polar surface area (TPSA) is 84.2 Å². The lowest BCUT2D eigenvalue weighted by Crippen LogP contribution is -2.30. The maximum atomic E-state index is 12.3. The highest BCUT2D eigenvalue weighted by Crippen LogP contribution is 2.20. The Morgan fingerprint density at radius 2 is 2.04 bits per heavy atom. The van der Waals surface area contributed by atoms with Gasteiger partial charge in [-0.25, -0.2) is 0 Å². The second kappa shape index (κ2) is 7.92. The van der Waals surface area contributed by atoms with Crippen molar-refractivity contribution in [3.8, 4) is 0 Å². The van der Waals surface area contributed by atoms with Crippen LogP contribution in [0, 0.1) is 0 Å². The Kier molecular flexibility index (Phi) is 5.92. The van der Waals surface area contributed by atoms with Crippen LogP contribution in [0.1, 0.15) is 41.7 Å². The molecule has 6 nitrogen and oxygen atoms in total. The first-order chi connectivity index (χ1) is 11.0. The summed E-state index contributed by atoms with van der Waals surface area (Å²) in [5.74, 6) is -1.30. The second-order valence-electron chi connectivity index (χ2n) is 5.17. The van der Waals surface area contributed by atoms with E-state index in [1.165, 1.54) is 6.20 Å². The Morgan fingerprint density at radius 3 is 2.65 bits per heavy atom. The molecular formula is C16H18BrN3O3. The third kappa shape index (κ3) is 4.92. The average Bonchev–Trinajstić information content (AvgIpc) is 2.96. The Hall–Kier alpha value is -2.15. The predicted molar refractivity (Wildman–Crippen MR) is 89.1 cm³/mol. The third-order valence-corrected chi connectivity index (χ3v) is 3.83. The number of hydrogen-bond acceptors (Lipinski definition) is 3.